The van der Waals surface area contributed by atoms with E-state index in [1.54, 1.807) is 0 Å². The number of aromatic nitrogens is 2. The molecule has 1 aromatic heterocycles. The molecule has 3 nitrogen and oxygen atoms in total. The molecule has 17 heavy (non-hydrogen) atoms. The lowest BCUT2D eigenvalue weighted by atomic mass is 10.1. The van der Waals surface area contributed by atoms with Crippen LogP contribution in [0.25, 0.3) is 0 Å². The standard InChI is InChI=1S/C13H22ClN3/c1-5-11-16-12(14)10(4)13(17-11)15-8-6-7-9(2)3/h9H,5-8H2,1-4H3,(H,15,16,17). The van der Waals surface area contributed by atoms with Crippen molar-refractivity contribution in [1.82, 2.24) is 9.97 Å². The molecule has 0 amide bonds. The van der Waals surface area contributed by atoms with Gasteiger partial charge >= 0.3 is 0 Å². The van der Waals surface area contributed by atoms with Crippen molar-refractivity contribution in [2.24, 2.45) is 5.92 Å². The van der Waals surface area contributed by atoms with Gasteiger partial charge in [0.25, 0.3) is 0 Å². The zero-order valence-corrected chi connectivity index (χ0v) is 11.9. The van der Waals surface area contributed by atoms with Crippen LogP contribution in [0.15, 0.2) is 0 Å². The van der Waals surface area contributed by atoms with E-state index in [1.807, 2.05) is 13.8 Å². The van der Waals surface area contributed by atoms with Gasteiger partial charge in [0.15, 0.2) is 0 Å². The van der Waals surface area contributed by atoms with E-state index in [-0.39, 0.29) is 0 Å². The molecule has 1 rings (SSSR count). The Bertz CT molecular complexity index is 364. The Balaban J connectivity index is 2.60. The Morgan fingerprint density at radius 2 is 2.00 bits per heavy atom. The highest BCUT2D eigenvalue weighted by molar-refractivity contribution is 6.30. The minimum Gasteiger partial charge on any atom is -0.370 e. The van der Waals surface area contributed by atoms with Crippen LogP contribution in [-0.2, 0) is 6.42 Å². The van der Waals surface area contributed by atoms with Gasteiger partial charge < -0.3 is 5.32 Å². The zero-order valence-electron chi connectivity index (χ0n) is 11.2. The summed E-state index contributed by atoms with van der Waals surface area (Å²) in [6.45, 7) is 9.40. The van der Waals surface area contributed by atoms with Crippen LogP contribution in [0.1, 0.15) is 45.0 Å². The van der Waals surface area contributed by atoms with E-state index in [2.05, 4.69) is 29.1 Å². The fourth-order valence-electron chi connectivity index (χ4n) is 1.58. The number of aryl methyl sites for hydroxylation is 1. The zero-order chi connectivity index (χ0) is 12.8. The van der Waals surface area contributed by atoms with Crippen molar-refractivity contribution in [3.05, 3.63) is 16.5 Å². The summed E-state index contributed by atoms with van der Waals surface area (Å²) in [5, 5.41) is 3.91. The highest BCUT2D eigenvalue weighted by atomic mass is 35.5. The van der Waals surface area contributed by atoms with Crippen molar-refractivity contribution < 1.29 is 0 Å². The van der Waals surface area contributed by atoms with Crippen LogP contribution in [0.4, 0.5) is 5.82 Å². The predicted molar refractivity (Wildman–Crippen MR) is 73.7 cm³/mol. The van der Waals surface area contributed by atoms with E-state index >= 15 is 0 Å². The smallest absolute Gasteiger partial charge is 0.137 e. The van der Waals surface area contributed by atoms with E-state index in [1.165, 1.54) is 6.42 Å². The summed E-state index contributed by atoms with van der Waals surface area (Å²) < 4.78 is 0. The SMILES string of the molecule is CCc1nc(Cl)c(C)c(NCCCC(C)C)n1. The number of hydrogen-bond donors (Lipinski definition) is 1. The second-order valence-corrected chi connectivity index (χ2v) is 5.08. The van der Waals surface area contributed by atoms with Crippen molar-refractivity contribution in [3.8, 4) is 0 Å². The van der Waals surface area contributed by atoms with Crippen molar-refractivity contribution in [3.63, 3.8) is 0 Å². The number of nitrogens with zero attached hydrogens (tertiary/aromatic N) is 2. The molecule has 0 aliphatic carbocycles. The molecule has 0 saturated carbocycles. The Morgan fingerprint density at radius 1 is 1.29 bits per heavy atom. The first-order chi connectivity index (χ1) is 8.04. The molecular formula is C13H22ClN3. The third-order valence-corrected chi connectivity index (χ3v) is 3.07. The van der Waals surface area contributed by atoms with E-state index < -0.39 is 0 Å². The van der Waals surface area contributed by atoms with Crippen molar-refractivity contribution in [2.75, 3.05) is 11.9 Å². The summed E-state index contributed by atoms with van der Waals surface area (Å²) in [6, 6.07) is 0. The van der Waals surface area contributed by atoms with Crippen LogP contribution >= 0.6 is 11.6 Å². The highest BCUT2D eigenvalue weighted by Crippen LogP contribution is 2.20. The predicted octanol–water partition coefficient (Wildman–Crippen LogP) is 3.85. The Hall–Kier alpha value is -0.830. The second-order valence-electron chi connectivity index (χ2n) is 4.72. The Morgan fingerprint density at radius 3 is 2.59 bits per heavy atom. The average molecular weight is 256 g/mol. The molecule has 0 atom stereocenters. The third-order valence-electron chi connectivity index (χ3n) is 2.70. The van der Waals surface area contributed by atoms with Crippen LogP contribution in [-0.4, -0.2) is 16.5 Å². The number of halogens is 1. The van der Waals surface area contributed by atoms with Crippen LogP contribution < -0.4 is 5.32 Å². The molecule has 0 aliphatic rings. The number of rotatable bonds is 6. The lowest BCUT2D eigenvalue weighted by molar-refractivity contribution is 0.566. The van der Waals surface area contributed by atoms with Crippen LogP contribution in [0.3, 0.4) is 0 Å². The fraction of sp³-hybridized carbons (Fsp3) is 0.692. The Labute approximate surface area is 109 Å². The summed E-state index contributed by atoms with van der Waals surface area (Å²) >= 11 is 6.07. The number of nitrogens with one attached hydrogen (secondary N) is 1. The van der Waals surface area contributed by atoms with Gasteiger partial charge in [-0.1, -0.05) is 32.4 Å². The molecule has 4 heteroatoms. The normalized spacial score (nSPS) is 10.9. The van der Waals surface area contributed by atoms with Crippen molar-refractivity contribution >= 4 is 17.4 Å². The van der Waals surface area contributed by atoms with Crippen molar-refractivity contribution in [1.29, 1.82) is 0 Å². The van der Waals surface area contributed by atoms with Gasteiger partial charge in [0.1, 0.15) is 16.8 Å². The van der Waals surface area contributed by atoms with Gasteiger partial charge in [-0.25, -0.2) is 9.97 Å². The number of hydrogen-bond acceptors (Lipinski definition) is 3. The van der Waals surface area contributed by atoms with Crippen LogP contribution in [0, 0.1) is 12.8 Å². The molecule has 0 fully saturated rings. The van der Waals surface area contributed by atoms with E-state index in [0.29, 0.717) is 5.15 Å². The first-order valence-electron chi connectivity index (χ1n) is 6.31. The molecule has 0 aromatic carbocycles. The first kappa shape index (κ1) is 14.2. The molecule has 96 valence electrons. The van der Waals surface area contributed by atoms with Gasteiger partial charge in [-0.05, 0) is 25.7 Å². The minimum absolute atomic E-state index is 0.559. The number of anilines is 1. The quantitative estimate of drug-likeness (QED) is 0.620. The van der Waals surface area contributed by atoms with E-state index in [9.17, 15) is 0 Å². The summed E-state index contributed by atoms with van der Waals surface area (Å²) in [6.07, 6.45) is 3.19. The molecule has 0 radical (unpaired) electrons. The molecule has 0 aliphatic heterocycles. The lowest BCUT2D eigenvalue weighted by Crippen LogP contribution is -2.09. The van der Waals surface area contributed by atoms with E-state index in [4.69, 9.17) is 11.6 Å². The molecular weight excluding hydrogens is 234 g/mol. The molecule has 0 unspecified atom stereocenters. The van der Waals surface area contributed by atoms with Gasteiger partial charge in [0.2, 0.25) is 0 Å². The van der Waals surface area contributed by atoms with E-state index in [0.717, 1.165) is 42.5 Å². The average Bonchev–Trinajstić information content (AvgIpc) is 2.29. The lowest BCUT2D eigenvalue weighted by Gasteiger charge is -2.11. The summed E-state index contributed by atoms with van der Waals surface area (Å²) in [4.78, 5) is 8.68. The summed E-state index contributed by atoms with van der Waals surface area (Å²) in [5.41, 5.74) is 0.938. The molecule has 1 heterocycles. The highest BCUT2D eigenvalue weighted by Gasteiger charge is 2.07. The maximum atomic E-state index is 6.07. The van der Waals surface area contributed by atoms with Crippen LogP contribution in [0.5, 0.6) is 0 Å². The Kier molecular flexibility index (Phi) is 5.69. The molecule has 0 bridgehead atoms. The topological polar surface area (TPSA) is 37.8 Å². The minimum atomic E-state index is 0.559. The van der Waals surface area contributed by atoms with Gasteiger partial charge in [-0.15, -0.1) is 0 Å². The maximum absolute atomic E-state index is 6.07. The molecule has 1 aromatic rings. The maximum Gasteiger partial charge on any atom is 0.137 e. The van der Waals surface area contributed by atoms with Crippen LogP contribution in [0.2, 0.25) is 5.15 Å². The van der Waals surface area contributed by atoms with Gasteiger partial charge in [-0.2, -0.15) is 0 Å². The molecule has 1 N–H and O–H groups in total. The summed E-state index contributed by atoms with van der Waals surface area (Å²) in [7, 11) is 0. The van der Waals surface area contributed by atoms with Crippen molar-refractivity contribution in [2.45, 2.75) is 47.0 Å². The monoisotopic (exact) mass is 255 g/mol. The van der Waals surface area contributed by atoms with Gasteiger partial charge in [-0.3, -0.25) is 0 Å². The largest absolute Gasteiger partial charge is 0.370 e. The third kappa shape index (κ3) is 4.50. The first-order valence-corrected chi connectivity index (χ1v) is 6.69. The van der Waals surface area contributed by atoms with Gasteiger partial charge in [0, 0.05) is 18.5 Å². The fourth-order valence-corrected chi connectivity index (χ4v) is 1.77. The molecule has 0 spiro atoms. The van der Waals surface area contributed by atoms with Gasteiger partial charge in [0.05, 0.1) is 0 Å². The second kappa shape index (κ2) is 6.80. The molecule has 0 saturated heterocycles. The summed E-state index contributed by atoms with van der Waals surface area (Å²) in [5.74, 6) is 2.43.